The summed E-state index contributed by atoms with van der Waals surface area (Å²) >= 11 is 5.87. The van der Waals surface area contributed by atoms with Crippen molar-refractivity contribution in [1.82, 2.24) is 10.3 Å². The number of amides is 1. The molecule has 34 heavy (non-hydrogen) atoms. The summed E-state index contributed by atoms with van der Waals surface area (Å²) in [5.41, 5.74) is -0.496. The maximum absolute atomic E-state index is 14.7. The van der Waals surface area contributed by atoms with Crippen LogP contribution in [0, 0.1) is 11.6 Å². The Labute approximate surface area is 201 Å². The van der Waals surface area contributed by atoms with E-state index >= 15 is 0 Å². The number of carbonyl (C=O) groups excluding carboxylic acids is 1. The van der Waals surface area contributed by atoms with E-state index in [-0.39, 0.29) is 22.7 Å². The Hall–Kier alpha value is -3.04. The summed E-state index contributed by atoms with van der Waals surface area (Å²) in [6, 6.07) is 10.9. The molecular weight excluding hydrogens is 486 g/mol. The van der Waals surface area contributed by atoms with E-state index in [0.717, 1.165) is 18.2 Å². The number of ether oxygens (including phenoxy) is 1. The third-order valence-corrected chi connectivity index (χ3v) is 6.94. The van der Waals surface area contributed by atoms with Crippen molar-refractivity contribution in [2.45, 2.75) is 43.1 Å². The normalized spacial score (nSPS) is 12.8. The van der Waals surface area contributed by atoms with Gasteiger partial charge >= 0.3 is 6.09 Å². The van der Waals surface area contributed by atoms with Crippen molar-refractivity contribution < 1.29 is 26.7 Å². The lowest BCUT2D eigenvalue weighted by molar-refractivity contribution is 0.0523. The average Bonchev–Trinajstić information content (AvgIpc) is 2.75. The van der Waals surface area contributed by atoms with Crippen LogP contribution in [-0.2, 0) is 21.1 Å². The largest absolute Gasteiger partial charge is 0.444 e. The van der Waals surface area contributed by atoms with Crippen LogP contribution in [0.4, 0.5) is 13.6 Å². The van der Waals surface area contributed by atoms with Crippen LogP contribution in [0.5, 0.6) is 0 Å². The van der Waals surface area contributed by atoms with Gasteiger partial charge in [0.25, 0.3) is 0 Å². The van der Waals surface area contributed by atoms with Crippen molar-refractivity contribution >= 4 is 27.5 Å². The Morgan fingerprint density at radius 2 is 1.76 bits per heavy atom. The first-order valence-corrected chi connectivity index (χ1v) is 12.2. The number of hydrogen-bond donors (Lipinski definition) is 1. The number of nitrogens with zero attached hydrogens (tertiary/aromatic N) is 1. The number of sulfone groups is 1. The van der Waals surface area contributed by atoms with Crippen LogP contribution >= 0.6 is 11.6 Å². The van der Waals surface area contributed by atoms with E-state index in [0.29, 0.717) is 10.6 Å². The van der Waals surface area contributed by atoms with E-state index in [1.807, 2.05) is 0 Å². The fraction of sp³-hybridized carbons (Fsp3) is 0.250. The molecule has 6 nitrogen and oxygen atoms in total. The zero-order valence-electron chi connectivity index (χ0n) is 18.7. The molecule has 0 saturated carbocycles. The third-order valence-electron chi connectivity index (χ3n) is 4.64. The highest BCUT2D eigenvalue weighted by atomic mass is 35.5. The highest BCUT2D eigenvalue weighted by molar-refractivity contribution is 7.91. The van der Waals surface area contributed by atoms with Crippen molar-refractivity contribution in [2.75, 3.05) is 0 Å². The summed E-state index contributed by atoms with van der Waals surface area (Å²) in [6.45, 7) is 5.27. The maximum Gasteiger partial charge on any atom is 0.407 e. The van der Waals surface area contributed by atoms with Crippen molar-refractivity contribution in [3.8, 4) is 0 Å². The van der Waals surface area contributed by atoms with Crippen LogP contribution in [0.25, 0.3) is 0 Å². The summed E-state index contributed by atoms with van der Waals surface area (Å²) in [4.78, 5) is 15.9. The van der Waals surface area contributed by atoms with Gasteiger partial charge in [0.1, 0.15) is 22.5 Å². The molecule has 2 aromatic carbocycles. The second kappa shape index (κ2) is 10.1. The van der Waals surface area contributed by atoms with Gasteiger partial charge in [-0.1, -0.05) is 17.7 Å². The molecule has 0 aliphatic carbocycles. The number of benzene rings is 2. The topological polar surface area (TPSA) is 85.4 Å². The van der Waals surface area contributed by atoms with E-state index in [1.54, 1.807) is 26.8 Å². The number of alkyl carbamates (subject to hydrolysis) is 1. The van der Waals surface area contributed by atoms with Crippen LogP contribution in [0.3, 0.4) is 0 Å². The summed E-state index contributed by atoms with van der Waals surface area (Å²) in [7, 11) is -4.24. The average molecular weight is 509 g/mol. The van der Waals surface area contributed by atoms with Crippen molar-refractivity contribution in [3.05, 3.63) is 94.3 Å². The molecule has 1 N–H and O–H groups in total. The highest BCUT2D eigenvalue weighted by Gasteiger charge is 2.34. The SMILES string of the molecule is CC(C)(C)OC(=O)NCc1ccc(C(c2cc(F)ccc2F)S(=O)(=O)c2ccc(Cl)cc2)nc1. The minimum absolute atomic E-state index is 0.0135. The van der Waals surface area contributed by atoms with Gasteiger partial charge in [0.15, 0.2) is 9.84 Å². The van der Waals surface area contributed by atoms with E-state index in [9.17, 15) is 22.0 Å². The van der Waals surface area contributed by atoms with E-state index in [2.05, 4.69) is 10.3 Å². The summed E-state index contributed by atoms with van der Waals surface area (Å²) in [5, 5.41) is 1.28. The molecule has 3 aromatic rings. The Kier molecular flexibility index (Phi) is 7.57. The number of rotatable bonds is 6. The van der Waals surface area contributed by atoms with E-state index in [4.69, 9.17) is 16.3 Å². The van der Waals surface area contributed by atoms with Crippen molar-refractivity contribution in [3.63, 3.8) is 0 Å². The van der Waals surface area contributed by atoms with Gasteiger partial charge in [0, 0.05) is 23.3 Å². The Balaban J connectivity index is 1.97. The van der Waals surface area contributed by atoms with Crippen LogP contribution < -0.4 is 5.32 Å². The number of aromatic nitrogens is 1. The molecule has 1 atom stereocenters. The molecule has 1 amide bonds. The Morgan fingerprint density at radius 1 is 1.09 bits per heavy atom. The molecule has 10 heteroatoms. The number of carbonyl (C=O) groups is 1. The smallest absolute Gasteiger partial charge is 0.407 e. The highest BCUT2D eigenvalue weighted by Crippen LogP contribution is 2.36. The molecule has 0 fully saturated rings. The molecule has 0 radical (unpaired) electrons. The lowest BCUT2D eigenvalue weighted by atomic mass is 10.1. The summed E-state index contributed by atoms with van der Waals surface area (Å²) in [6.07, 6.45) is 0.732. The number of pyridine rings is 1. The fourth-order valence-electron chi connectivity index (χ4n) is 3.15. The van der Waals surface area contributed by atoms with Gasteiger partial charge in [-0.15, -0.1) is 0 Å². The lowest BCUT2D eigenvalue weighted by Crippen LogP contribution is -2.32. The van der Waals surface area contributed by atoms with Gasteiger partial charge < -0.3 is 10.1 Å². The second-order valence-electron chi connectivity index (χ2n) is 8.49. The van der Waals surface area contributed by atoms with Gasteiger partial charge in [-0.25, -0.2) is 22.0 Å². The molecule has 1 heterocycles. The molecule has 0 saturated heterocycles. The zero-order chi connectivity index (χ0) is 25.1. The Bertz CT molecular complexity index is 1280. The van der Waals surface area contributed by atoms with Crippen LogP contribution in [-0.4, -0.2) is 25.1 Å². The number of halogens is 3. The maximum atomic E-state index is 14.7. The predicted octanol–water partition coefficient (Wildman–Crippen LogP) is 5.60. The molecule has 0 spiro atoms. The van der Waals surface area contributed by atoms with Gasteiger partial charge in [-0.3, -0.25) is 4.98 Å². The molecule has 0 aliphatic heterocycles. The predicted molar refractivity (Wildman–Crippen MR) is 124 cm³/mol. The van der Waals surface area contributed by atoms with Gasteiger partial charge in [-0.05, 0) is 74.9 Å². The van der Waals surface area contributed by atoms with Gasteiger partial charge in [-0.2, -0.15) is 0 Å². The van der Waals surface area contributed by atoms with E-state index < -0.39 is 38.4 Å². The minimum Gasteiger partial charge on any atom is -0.444 e. The van der Waals surface area contributed by atoms with Crippen molar-refractivity contribution in [1.29, 1.82) is 0 Å². The molecule has 0 aliphatic rings. The van der Waals surface area contributed by atoms with Crippen LogP contribution in [0.1, 0.15) is 42.8 Å². The Morgan fingerprint density at radius 3 is 2.35 bits per heavy atom. The van der Waals surface area contributed by atoms with Crippen LogP contribution in [0.15, 0.2) is 65.7 Å². The van der Waals surface area contributed by atoms with E-state index in [1.165, 1.54) is 36.5 Å². The summed E-state index contributed by atoms with van der Waals surface area (Å²) < 4.78 is 60.8. The quantitative estimate of drug-likeness (QED) is 0.468. The number of nitrogens with one attached hydrogen (secondary N) is 1. The molecular formula is C24H23ClF2N2O4S. The molecule has 0 bridgehead atoms. The first-order valence-electron chi connectivity index (χ1n) is 10.2. The monoisotopic (exact) mass is 508 g/mol. The molecule has 1 aromatic heterocycles. The van der Waals surface area contributed by atoms with Crippen LogP contribution in [0.2, 0.25) is 5.02 Å². The fourth-order valence-corrected chi connectivity index (χ4v) is 5.03. The number of hydrogen-bond acceptors (Lipinski definition) is 5. The molecule has 1 unspecified atom stereocenters. The summed E-state index contributed by atoms with van der Waals surface area (Å²) in [5.74, 6) is -1.67. The molecule has 3 rings (SSSR count). The molecule has 180 valence electrons. The third kappa shape index (κ3) is 6.30. The first-order chi connectivity index (χ1) is 15.9. The zero-order valence-corrected chi connectivity index (χ0v) is 20.3. The van der Waals surface area contributed by atoms with Crippen molar-refractivity contribution in [2.24, 2.45) is 0 Å². The lowest BCUT2D eigenvalue weighted by Gasteiger charge is -2.20. The van der Waals surface area contributed by atoms with Gasteiger partial charge in [0.05, 0.1) is 10.6 Å². The standard InChI is InChI=1S/C24H23ClF2N2O4S/c1-24(2,3)33-23(30)29-14-15-4-11-21(28-13-15)22(19-12-17(26)7-10-20(19)27)34(31,32)18-8-5-16(25)6-9-18/h4-13,22H,14H2,1-3H3,(H,29,30). The first kappa shape index (κ1) is 25.6. The van der Waals surface area contributed by atoms with Gasteiger partial charge in [0.2, 0.25) is 0 Å². The second-order valence-corrected chi connectivity index (χ2v) is 11.0. The minimum atomic E-state index is -4.24.